The third-order valence-corrected chi connectivity index (χ3v) is 2.91. The lowest BCUT2D eigenvalue weighted by Gasteiger charge is -2.08. The second-order valence-corrected chi connectivity index (χ2v) is 4.77. The van der Waals surface area contributed by atoms with Crippen molar-refractivity contribution in [3.05, 3.63) is 54.6 Å². The van der Waals surface area contributed by atoms with Crippen molar-refractivity contribution in [3.8, 4) is 11.5 Å². The van der Waals surface area contributed by atoms with Gasteiger partial charge in [-0.2, -0.15) is 0 Å². The van der Waals surface area contributed by atoms with Crippen LogP contribution in [-0.2, 0) is 14.3 Å². The molecule has 0 atom stereocenters. The summed E-state index contributed by atoms with van der Waals surface area (Å²) in [4.78, 5) is 23.3. The van der Waals surface area contributed by atoms with Gasteiger partial charge in [0.05, 0.1) is 6.61 Å². The van der Waals surface area contributed by atoms with Crippen LogP contribution < -0.4 is 14.8 Å². The molecule has 0 aromatic heterocycles. The summed E-state index contributed by atoms with van der Waals surface area (Å²) in [5.74, 6) is 0.251. The van der Waals surface area contributed by atoms with Gasteiger partial charge in [0.1, 0.15) is 11.5 Å². The fraction of sp³-hybridized carbons (Fsp3) is 0.222. The molecule has 0 aliphatic rings. The predicted molar refractivity (Wildman–Crippen MR) is 89.1 cm³/mol. The van der Waals surface area contributed by atoms with E-state index in [2.05, 4.69) is 5.32 Å². The van der Waals surface area contributed by atoms with Gasteiger partial charge in [0, 0.05) is 5.69 Å². The highest BCUT2D eigenvalue weighted by atomic mass is 16.6. The molecular weight excluding hydrogens is 310 g/mol. The number of benzene rings is 2. The van der Waals surface area contributed by atoms with E-state index in [1.807, 2.05) is 13.0 Å². The Morgan fingerprint density at radius 2 is 1.54 bits per heavy atom. The van der Waals surface area contributed by atoms with E-state index in [0.717, 1.165) is 5.75 Å². The summed E-state index contributed by atoms with van der Waals surface area (Å²) in [5, 5.41) is 2.63. The third-order valence-electron chi connectivity index (χ3n) is 2.91. The van der Waals surface area contributed by atoms with E-state index < -0.39 is 11.9 Å². The first kappa shape index (κ1) is 17.3. The average Bonchev–Trinajstić information content (AvgIpc) is 2.61. The van der Waals surface area contributed by atoms with Gasteiger partial charge in [0.15, 0.2) is 13.2 Å². The zero-order valence-electron chi connectivity index (χ0n) is 13.4. The molecule has 0 heterocycles. The molecule has 0 radical (unpaired) electrons. The lowest BCUT2D eigenvalue weighted by atomic mass is 10.3. The molecule has 0 aliphatic carbocycles. The largest absolute Gasteiger partial charge is 0.494 e. The monoisotopic (exact) mass is 329 g/mol. The summed E-state index contributed by atoms with van der Waals surface area (Å²) < 4.78 is 15.4. The molecule has 0 bridgehead atoms. The minimum absolute atomic E-state index is 0.250. The Morgan fingerprint density at radius 3 is 2.21 bits per heavy atom. The molecule has 126 valence electrons. The van der Waals surface area contributed by atoms with E-state index in [0.29, 0.717) is 18.0 Å². The highest BCUT2D eigenvalue weighted by Crippen LogP contribution is 2.15. The number of amides is 1. The quantitative estimate of drug-likeness (QED) is 0.754. The van der Waals surface area contributed by atoms with E-state index in [1.54, 1.807) is 48.5 Å². The van der Waals surface area contributed by atoms with Gasteiger partial charge in [-0.3, -0.25) is 4.79 Å². The number of nitrogens with one attached hydrogen (secondary N) is 1. The van der Waals surface area contributed by atoms with Crippen LogP contribution in [0.25, 0.3) is 0 Å². The average molecular weight is 329 g/mol. The summed E-state index contributed by atoms with van der Waals surface area (Å²) in [6.07, 6.45) is 0. The molecule has 6 nitrogen and oxygen atoms in total. The van der Waals surface area contributed by atoms with Crippen LogP contribution in [0.15, 0.2) is 54.6 Å². The Bertz CT molecular complexity index is 655. The molecule has 24 heavy (non-hydrogen) atoms. The van der Waals surface area contributed by atoms with Gasteiger partial charge >= 0.3 is 5.97 Å². The molecule has 2 aromatic rings. The number of anilines is 1. The van der Waals surface area contributed by atoms with E-state index in [4.69, 9.17) is 14.2 Å². The Labute approximate surface area is 140 Å². The maximum atomic E-state index is 11.7. The van der Waals surface area contributed by atoms with E-state index >= 15 is 0 Å². The van der Waals surface area contributed by atoms with Crippen molar-refractivity contribution >= 4 is 17.6 Å². The molecular formula is C18H19NO5. The number of para-hydroxylation sites is 1. The van der Waals surface area contributed by atoms with E-state index in [1.165, 1.54) is 0 Å². The zero-order valence-corrected chi connectivity index (χ0v) is 13.4. The van der Waals surface area contributed by atoms with Crippen molar-refractivity contribution in [2.75, 3.05) is 25.1 Å². The van der Waals surface area contributed by atoms with Gasteiger partial charge in [-0.05, 0) is 43.3 Å². The summed E-state index contributed by atoms with van der Waals surface area (Å²) in [6.45, 7) is 1.85. The van der Waals surface area contributed by atoms with Gasteiger partial charge in [0.2, 0.25) is 0 Å². The Kier molecular flexibility index (Phi) is 6.64. The van der Waals surface area contributed by atoms with Crippen LogP contribution in [0.3, 0.4) is 0 Å². The predicted octanol–water partition coefficient (Wildman–Crippen LogP) is 2.65. The first-order valence-corrected chi connectivity index (χ1v) is 7.53. The maximum Gasteiger partial charge on any atom is 0.344 e. The molecule has 0 saturated carbocycles. The number of esters is 1. The number of rotatable bonds is 8. The molecule has 1 N–H and O–H groups in total. The minimum atomic E-state index is -0.610. The second-order valence-electron chi connectivity index (χ2n) is 4.77. The third kappa shape index (κ3) is 6.00. The normalized spacial score (nSPS) is 9.88. The fourth-order valence-electron chi connectivity index (χ4n) is 1.84. The fourth-order valence-corrected chi connectivity index (χ4v) is 1.84. The first-order valence-electron chi connectivity index (χ1n) is 7.53. The van der Waals surface area contributed by atoms with E-state index in [-0.39, 0.29) is 13.2 Å². The van der Waals surface area contributed by atoms with Crippen LogP contribution in [-0.4, -0.2) is 31.7 Å². The summed E-state index contributed by atoms with van der Waals surface area (Å²) >= 11 is 0. The van der Waals surface area contributed by atoms with Crippen LogP contribution >= 0.6 is 0 Å². The van der Waals surface area contributed by atoms with Crippen LogP contribution in [0, 0.1) is 0 Å². The van der Waals surface area contributed by atoms with Crippen LogP contribution in [0.4, 0.5) is 5.69 Å². The molecule has 1 amide bonds. The number of carbonyl (C=O) groups is 2. The number of ether oxygens (including phenoxy) is 3. The van der Waals surface area contributed by atoms with Crippen molar-refractivity contribution in [2.45, 2.75) is 6.92 Å². The SMILES string of the molecule is CCOc1ccc(NC(=O)COC(=O)COc2ccccc2)cc1. The van der Waals surface area contributed by atoms with Crippen molar-refractivity contribution in [1.29, 1.82) is 0 Å². The molecule has 2 rings (SSSR count). The lowest BCUT2D eigenvalue weighted by Crippen LogP contribution is -2.23. The van der Waals surface area contributed by atoms with Crippen molar-refractivity contribution in [3.63, 3.8) is 0 Å². The molecule has 0 spiro atoms. The van der Waals surface area contributed by atoms with Gasteiger partial charge in [-0.1, -0.05) is 18.2 Å². The maximum absolute atomic E-state index is 11.7. The van der Waals surface area contributed by atoms with E-state index in [9.17, 15) is 9.59 Å². The highest BCUT2D eigenvalue weighted by molar-refractivity contribution is 5.92. The smallest absolute Gasteiger partial charge is 0.344 e. The van der Waals surface area contributed by atoms with Crippen LogP contribution in [0.2, 0.25) is 0 Å². The van der Waals surface area contributed by atoms with Gasteiger partial charge in [0.25, 0.3) is 5.91 Å². The van der Waals surface area contributed by atoms with Crippen molar-refractivity contribution in [2.24, 2.45) is 0 Å². The summed E-state index contributed by atoms with van der Waals surface area (Å²) in [6, 6.07) is 15.8. The van der Waals surface area contributed by atoms with Crippen molar-refractivity contribution in [1.82, 2.24) is 0 Å². The Morgan fingerprint density at radius 1 is 0.875 bits per heavy atom. The standard InChI is InChI=1S/C18H19NO5/c1-2-22-16-10-8-14(9-11-16)19-17(20)12-24-18(21)13-23-15-6-4-3-5-7-15/h3-11H,2,12-13H2,1H3,(H,19,20). The van der Waals surface area contributed by atoms with Crippen LogP contribution in [0.5, 0.6) is 11.5 Å². The van der Waals surface area contributed by atoms with Gasteiger partial charge < -0.3 is 19.5 Å². The number of carbonyl (C=O) groups excluding carboxylic acids is 2. The lowest BCUT2D eigenvalue weighted by molar-refractivity contribution is -0.149. The highest BCUT2D eigenvalue weighted by Gasteiger charge is 2.09. The number of hydrogen-bond donors (Lipinski definition) is 1. The van der Waals surface area contributed by atoms with Gasteiger partial charge in [-0.25, -0.2) is 4.79 Å². The molecule has 6 heteroatoms. The number of hydrogen-bond acceptors (Lipinski definition) is 5. The molecule has 0 unspecified atom stereocenters. The summed E-state index contributed by atoms with van der Waals surface area (Å²) in [5.41, 5.74) is 0.597. The summed E-state index contributed by atoms with van der Waals surface area (Å²) in [7, 11) is 0. The topological polar surface area (TPSA) is 73.9 Å². The Hall–Kier alpha value is -3.02. The molecule has 0 fully saturated rings. The zero-order chi connectivity index (χ0) is 17.2. The minimum Gasteiger partial charge on any atom is -0.494 e. The first-order chi connectivity index (χ1) is 11.7. The Balaban J connectivity index is 1.69. The molecule has 2 aromatic carbocycles. The van der Waals surface area contributed by atoms with Crippen molar-refractivity contribution < 1.29 is 23.8 Å². The second kappa shape index (κ2) is 9.19. The van der Waals surface area contributed by atoms with Gasteiger partial charge in [-0.15, -0.1) is 0 Å². The molecule has 0 aliphatic heterocycles. The van der Waals surface area contributed by atoms with Crippen LogP contribution in [0.1, 0.15) is 6.92 Å². The molecule has 0 saturated heterocycles.